The van der Waals surface area contributed by atoms with Gasteiger partial charge in [-0.05, 0) is 48.7 Å². The summed E-state index contributed by atoms with van der Waals surface area (Å²) in [5, 5.41) is 11.5. The molecular formula is C23H24Cl3N3O. The maximum absolute atomic E-state index is 13.1. The molecule has 2 aromatic carbocycles. The summed E-state index contributed by atoms with van der Waals surface area (Å²) in [5.74, 6) is -0.220. The first-order chi connectivity index (χ1) is 14.4. The molecule has 0 aromatic heterocycles. The largest absolute Gasteiger partial charge is 0.348 e. The Morgan fingerprint density at radius 3 is 2.33 bits per heavy atom. The first-order valence-corrected chi connectivity index (χ1v) is 11.5. The fourth-order valence-electron chi connectivity index (χ4n) is 4.35. The number of hydrazone groups is 1. The highest BCUT2D eigenvalue weighted by atomic mass is 35.5. The maximum Gasteiger partial charge on any atom is 0.268 e. The van der Waals surface area contributed by atoms with Gasteiger partial charge in [-0.25, -0.2) is 0 Å². The lowest BCUT2D eigenvalue weighted by atomic mass is 9.90. The first kappa shape index (κ1) is 21.5. The number of hydrogen-bond donors (Lipinski definition) is 1. The second-order valence-corrected chi connectivity index (χ2v) is 9.30. The molecule has 4 nitrogen and oxygen atoms in total. The number of nitrogens with one attached hydrogen (secondary N) is 1. The summed E-state index contributed by atoms with van der Waals surface area (Å²) < 4.78 is 0. The normalized spacial score (nSPS) is 22.1. The number of carbonyl (C=O) groups is 1. The number of benzene rings is 2. The monoisotopic (exact) mass is 463 g/mol. The van der Waals surface area contributed by atoms with Crippen LogP contribution in [0.5, 0.6) is 0 Å². The van der Waals surface area contributed by atoms with Crippen molar-refractivity contribution >= 4 is 52.1 Å². The van der Waals surface area contributed by atoms with Gasteiger partial charge in [-0.2, -0.15) is 5.10 Å². The van der Waals surface area contributed by atoms with E-state index in [0.29, 0.717) is 26.5 Å². The molecule has 2 aliphatic rings. The molecule has 0 spiro atoms. The summed E-state index contributed by atoms with van der Waals surface area (Å²) in [6.07, 6.45) is 5.62. The van der Waals surface area contributed by atoms with Gasteiger partial charge in [0.05, 0.1) is 16.8 Å². The van der Waals surface area contributed by atoms with E-state index in [2.05, 4.69) is 5.32 Å². The number of carbonyl (C=O) groups excluding carboxylic acids is 1. The number of hydrogen-bond acceptors (Lipinski definition) is 3. The minimum atomic E-state index is -0.173. The lowest BCUT2D eigenvalue weighted by Gasteiger charge is -2.28. The lowest BCUT2D eigenvalue weighted by molar-refractivity contribution is -0.115. The van der Waals surface area contributed by atoms with E-state index in [1.165, 1.54) is 6.42 Å². The quantitative estimate of drug-likeness (QED) is 0.550. The molecule has 4 rings (SSSR count). The zero-order chi connectivity index (χ0) is 21.3. The van der Waals surface area contributed by atoms with E-state index >= 15 is 0 Å². The zero-order valence-corrected chi connectivity index (χ0v) is 19.0. The van der Waals surface area contributed by atoms with Crippen LogP contribution in [0.15, 0.2) is 47.6 Å². The Morgan fingerprint density at radius 2 is 1.67 bits per heavy atom. The van der Waals surface area contributed by atoms with Crippen molar-refractivity contribution in [1.82, 2.24) is 5.32 Å². The number of anilines is 1. The second-order valence-electron chi connectivity index (χ2n) is 8.02. The molecule has 1 fully saturated rings. The molecule has 1 N–H and O–H groups in total. The summed E-state index contributed by atoms with van der Waals surface area (Å²) in [6, 6.07) is 13.0. The van der Waals surface area contributed by atoms with E-state index in [9.17, 15) is 4.79 Å². The average molecular weight is 465 g/mol. The van der Waals surface area contributed by atoms with Crippen LogP contribution in [0.1, 0.15) is 50.6 Å². The van der Waals surface area contributed by atoms with Crippen molar-refractivity contribution in [2.75, 3.05) is 5.01 Å². The topological polar surface area (TPSA) is 44.7 Å². The predicted molar refractivity (Wildman–Crippen MR) is 125 cm³/mol. The van der Waals surface area contributed by atoms with Crippen molar-refractivity contribution in [3.05, 3.63) is 63.1 Å². The van der Waals surface area contributed by atoms with Gasteiger partial charge in [0.15, 0.2) is 0 Å². The van der Waals surface area contributed by atoms with Gasteiger partial charge in [0.25, 0.3) is 5.91 Å². The van der Waals surface area contributed by atoms with Gasteiger partial charge in [-0.3, -0.25) is 9.80 Å². The molecule has 2 aromatic rings. The number of halogens is 3. The molecule has 0 saturated heterocycles. The van der Waals surface area contributed by atoms with Crippen molar-refractivity contribution in [3.8, 4) is 0 Å². The standard InChI is InChI=1S/C23H24Cl3N3O/c1-14-21(23(30)27-18-5-3-2-4-6-18)28-29(20-12-11-17(25)13-19(20)26)22(14)15-7-9-16(24)10-8-15/h7-14,18,22H,2-6H2,1H3,(H,27,30). The number of rotatable bonds is 4. The summed E-state index contributed by atoms with van der Waals surface area (Å²) in [6.45, 7) is 2.03. The highest BCUT2D eigenvalue weighted by Crippen LogP contribution is 2.42. The Bertz CT molecular complexity index is 955. The van der Waals surface area contributed by atoms with E-state index < -0.39 is 0 Å². The minimum absolute atomic E-state index is 0.0963. The van der Waals surface area contributed by atoms with Gasteiger partial charge in [-0.15, -0.1) is 0 Å². The summed E-state index contributed by atoms with van der Waals surface area (Å²) in [7, 11) is 0. The van der Waals surface area contributed by atoms with Crippen LogP contribution in [0.4, 0.5) is 5.69 Å². The molecule has 7 heteroatoms. The Hall–Kier alpha value is -1.75. The van der Waals surface area contributed by atoms with Crippen molar-refractivity contribution in [3.63, 3.8) is 0 Å². The third-order valence-electron chi connectivity index (χ3n) is 5.92. The smallest absolute Gasteiger partial charge is 0.268 e. The Balaban J connectivity index is 1.68. The lowest BCUT2D eigenvalue weighted by Crippen LogP contribution is -2.41. The van der Waals surface area contributed by atoms with Crippen LogP contribution < -0.4 is 10.3 Å². The van der Waals surface area contributed by atoms with Crippen LogP contribution in [0.25, 0.3) is 0 Å². The van der Waals surface area contributed by atoms with Crippen LogP contribution >= 0.6 is 34.8 Å². The van der Waals surface area contributed by atoms with Crippen LogP contribution in [0.2, 0.25) is 15.1 Å². The molecular weight excluding hydrogens is 441 g/mol. The Kier molecular flexibility index (Phi) is 6.57. The summed E-state index contributed by atoms with van der Waals surface area (Å²) in [4.78, 5) is 13.1. The van der Waals surface area contributed by atoms with Crippen LogP contribution in [0, 0.1) is 5.92 Å². The molecule has 1 heterocycles. The van der Waals surface area contributed by atoms with Gasteiger partial charge in [0, 0.05) is 22.0 Å². The summed E-state index contributed by atoms with van der Waals surface area (Å²) in [5.41, 5.74) is 2.25. The van der Waals surface area contributed by atoms with Gasteiger partial charge >= 0.3 is 0 Å². The van der Waals surface area contributed by atoms with Gasteiger partial charge in [-0.1, -0.05) is 73.1 Å². The summed E-state index contributed by atoms with van der Waals surface area (Å²) >= 11 is 18.7. The van der Waals surface area contributed by atoms with E-state index in [1.54, 1.807) is 12.1 Å². The Morgan fingerprint density at radius 1 is 1.00 bits per heavy atom. The highest BCUT2D eigenvalue weighted by molar-refractivity contribution is 6.41. The van der Waals surface area contributed by atoms with Crippen molar-refractivity contribution < 1.29 is 4.79 Å². The van der Waals surface area contributed by atoms with Crippen molar-refractivity contribution in [1.29, 1.82) is 0 Å². The van der Waals surface area contributed by atoms with Crippen LogP contribution in [-0.4, -0.2) is 17.7 Å². The fraction of sp³-hybridized carbons (Fsp3) is 0.391. The van der Waals surface area contributed by atoms with E-state index in [-0.39, 0.29) is 23.9 Å². The number of nitrogens with zero attached hydrogens (tertiary/aromatic N) is 2. The van der Waals surface area contributed by atoms with E-state index in [1.807, 2.05) is 42.3 Å². The third kappa shape index (κ3) is 4.46. The van der Waals surface area contributed by atoms with Crippen molar-refractivity contribution in [2.45, 2.75) is 51.1 Å². The van der Waals surface area contributed by atoms with Crippen molar-refractivity contribution in [2.24, 2.45) is 11.0 Å². The van der Waals surface area contributed by atoms with Gasteiger partial charge in [0.2, 0.25) is 0 Å². The van der Waals surface area contributed by atoms with Gasteiger partial charge < -0.3 is 5.32 Å². The molecule has 2 unspecified atom stereocenters. The van der Waals surface area contributed by atoms with Crippen LogP contribution in [-0.2, 0) is 4.79 Å². The molecule has 2 atom stereocenters. The molecule has 0 radical (unpaired) electrons. The fourth-order valence-corrected chi connectivity index (χ4v) is 4.97. The molecule has 30 heavy (non-hydrogen) atoms. The van der Waals surface area contributed by atoms with E-state index in [4.69, 9.17) is 39.9 Å². The molecule has 1 saturated carbocycles. The molecule has 158 valence electrons. The molecule has 1 aliphatic carbocycles. The zero-order valence-electron chi connectivity index (χ0n) is 16.7. The maximum atomic E-state index is 13.1. The van der Waals surface area contributed by atoms with Crippen LogP contribution in [0.3, 0.4) is 0 Å². The number of amides is 1. The minimum Gasteiger partial charge on any atom is -0.348 e. The van der Waals surface area contributed by atoms with E-state index in [0.717, 1.165) is 31.2 Å². The highest BCUT2D eigenvalue weighted by Gasteiger charge is 2.40. The molecule has 1 amide bonds. The molecule has 0 bridgehead atoms. The molecule has 1 aliphatic heterocycles. The second kappa shape index (κ2) is 9.17. The predicted octanol–water partition coefficient (Wildman–Crippen LogP) is 6.65. The third-order valence-corrected chi connectivity index (χ3v) is 6.71. The SMILES string of the molecule is CC1C(C(=O)NC2CCCCC2)=NN(c2ccc(Cl)cc2Cl)C1c1ccc(Cl)cc1. The average Bonchev–Trinajstić information content (AvgIpc) is 3.06. The Labute approximate surface area is 192 Å². The first-order valence-electron chi connectivity index (χ1n) is 10.3. The van der Waals surface area contributed by atoms with Gasteiger partial charge in [0.1, 0.15) is 5.71 Å².